The first kappa shape index (κ1) is 24.8. The standard InChI is InChI=1S/C26H22FN5O6/c1-37-20(33)13-19-29-24(30-38-19)16-7-8-18(27)21-17(14-28-22(16)21)23(34)26(36)32-11-9-31(10-12-32)25(35)15-5-3-2-4-6-15/h2-8,14,28H,9-13H2,1H3. The van der Waals surface area contributed by atoms with Gasteiger partial charge in [0.15, 0.2) is 0 Å². The third-order valence-corrected chi connectivity index (χ3v) is 6.33. The molecule has 38 heavy (non-hydrogen) atoms. The average Bonchev–Trinajstić information content (AvgIpc) is 3.61. The molecule has 1 N–H and O–H groups in total. The highest BCUT2D eigenvalue weighted by Crippen LogP contribution is 2.31. The summed E-state index contributed by atoms with van der Waals surface area (Å²) in [6.07, 6.45) is 1.03. The molecule has 0 spiro atoms. The number of aromatic nitrogens is 3. The number of ether oxygens (including phenoxy) is 1. The minimum atomic E-state index is -0.880. The molecule has 1 saturated heterocycles. The number of fused-ring (bicyclic) bond motifs is 1. The van der Waals surface area contributed by atoms with E-state index in [1.54, 1.807) is 29.2 Å². The van der Waals surface area contributed by atoms with Crippen molar-refractivity contribution in [1.29, 1.82) is 0 Å². The summed E-state index contributed by atoms with van der Waals surface area (Å²) >= 11 is 0. The molecule has 1 aliphatic heterocycles. The number of halogens is 1. The number of rotatable bonds is 6. The van der Waals surface area contributed by atoms with Gasteiger partial charge in [0.25, 0.3) is 17.6 Å². The van der Waals surface area contributed by atoms with Crippen molar-refractivity contribution in [2.75, 3.05) is 33.3 Å². The zero-order valence-electron chi connectivity index (χ0n) is 20.3. The second-order valence-electron chi connectivity index (χ2n) is 8.59. The Kier molecular flexibility index (Phi) is 6.69. The third-order valence-electron chi connectivity index (χ3n) is 6.33. The Bertz CT molecular complexity index is 1540. The number of carbonyl (C=O) groups excluding carboxylic acids is 4. The van der Waals surface area contributed by atoms with Gasteiger partial charge in [0.05, 0.1) is 18.2 Å². The van der Waals surface area contributed by atoms with Crippen molar-refractivity contribution in [3.63, 3.8) is 0 Å². The van der Waals surface area contributed by atoms with Crippen LogP contribution in [0, 0.1) is 5.82 Å². The molecule has 1 aliphatic rings. The van der Waals surface area contributed by atoms with Gasteiger partial charge in [-0.15, -0.1) is 0 Å². The zero-order chi connectivity index (χ0) is 26.8. The predicted molar refractivity (Wildman–Crippen MR) is 131 cm³/mol. The van der Waals surface area contributed by atoms with Gasteiger partial charge in [0.2, 0.25) is 11.7 Å². The number of methoxy groups -OCH3 is 1. The van der Waals surface area contributed by atoms with E-state index in [2.05, 4.69) is 19.9 Å². The number of aromatic amines is 1. The topological polar surface area (TPSA) is 139 Å². The number of H-pyrrole nitrogens is 1. The Morgan fingerprint density at radius 3 is 2.45 bits per heavy atom. The molecule has 11 nitrogen and oxygen atoms in total. The number of ketones is 1. The van der Waals surface area contributed by atoms with Gasteiger partial charge < -0.3 is 24.0 Å². The Hall–Kier alpha value is -4.87. The number of piperazine rings is 1. The molecular formula is C26H22FN5O6. The first-order valence-electron chi connectivity index (χ1n) is 11.7. The molecule has 0 unspecified atom stereocenters. The van der Waals surface area contributed by atoms with Gasteiger partial charge in [0, 0.05) is 48.9 Å². The number of Topliss-reactive ketones (excluding diaryl/α,β-unsaturated/α-hetero) is 1. The monoisotopic (exact) mass is 519 g/mol. The van der Waals surface area contributed by atoms with Gasteiger partial charge in [-0.2, -0.15) is 4.98 Å². The number of esters is 1. The molecule has 0 atom stereocenters. The van der Waals surface area contributed by atoms with Crippen LogP contribution in [0.25, 0.3) is 22.3 Å². The maximum atomic E-state index is 14.9. The summed E-state index contributed by atoms with van der Waals surface area (Å²) in [7, 11) is 1.23. The molecule has 2 aromatic heterocycles. The SMILES string of the molecule is COC(=O)Cc1nc(-c2ccc(F)c3c(C(=O)C(=O)N4CCN(C(=O)c5ccccc5)CC4)c[nH]c23)no1. The lowest BCUT2D eigenvalue weighted by Gasteiger charge is -2.34. The largest absolute Gasteiger partial charge is 0.469 e. The highest BCUT2D eigenvalue weighted by molar-refractivity contribution is 6.45. The van der Waals surface area contributed by atoms with E-state index in [0.29, 0.717) is 11.1 Å². The van der Waals surface area contributed by atoms with Crippen LogP contribution in [0.2, 0.25) is 0 Å². The lowest BCUT2D eigenvalue weighted by atomic mass is 10.0. The lowest BCUT2D eigenvalue weighted by molar-refractivity contribution is -0.140. The predicted octanol–water partition coefficient (Wildman–Crippen LogP) is 2.24. The van der Waals surface area contributed by atoms with E-state index < -0.39 is 23.5 Å². The Labute approximate surface area is 215 Å². The van der Waals surface area contributed by atoms with Crippen LogP contribution in [0.3, 0.4) is 0 Å². The van der Waals surface area contributed by atoms with E-state index >= 15 is 0 Å². The summed E-state index contributed by atoms with van der Waals surface area (Å²) in [5.74, 6) is -3.02. The minimum absolute atomic E-state index is 0.00671. The summed E-state index contributed by atoms with van der Waals surface area (Å²) in [5.41, 5.74) is 0.934. The molecule has 2 amide bonds. The van der Waals surface area contributed by atoms with Crippen LogP contribution in [-0.2, 0) is 20.7 Å². The van der Waals surface area contributed by atoms with E-state index in [-0.39, 0.29) is 66.7 Å². The van der Waals surface area contributed by atoms with Crippen molar-refractivity contribution in [1.82, 2.24) is 24.9 Å². The van der Waals surface area contributed by atoms with Crippen molar-refractivity contribution in [3.05, 3.63) is 71.5 Å². The van der Waals surface area contributed by atoms with E-state index in [0.717, 1.165) is 6.07 Å². The van der Waals surface area contributed by atoms with Crippen molar-refractivity contribution >= 4 is 34.5 Å². The maximum Gasteiger partial charge on any atom is 0.315 e. The molecule has 0 saturated carbocycles. The molecule has 194 valence electrons. The number of benzene rings is 2. The highest BCUT2D eigenvalue weighted by atomic mass is 19.1. The van der Waals surface area contributed by atoms with Crippen molar-refractivity contribution in [2.45, 2.75) is 6.42 Å². The number of carbonyl (C=O) groups is 4. The van der Waals surface area contributed by atoms with Crippen LogP contribution in [-0.4, -0.2) is 81.8 Å². The van der Waals surface area contributed by atoms with Gasteiger partial charge in [-0.1, -0.05) is 23.4 Å². The molecule has 3 heterocycles. The number of amides is 2. The van der Waals surface area contributed by atoms with Gasteiger partial charge in [-0.05, 0) is 24.3 Å². The zero-order valence-corrected chi connectivity index (χ0v) is 20.3. The van der Waals surface area contributed by atoms with Crippen LogP contribution in [0.1, 0.15) is 26.6 Å². The van der Waals surface area contributed by atoms with E-state index in [9.17, 15) is 23.6 Å². The normalized spacial score (nSPS) is 13.5. The molecule has 0 radical (unpaired) electrons. The van der Waals surface area contributed by atoms with E-state index in [1.807, 2.05) is 6.07 Å². The molecule has 0 aliphatic carbocycles. The van der Waals surface area contributed by atoms with Crippen molar-refractivity contribution in [2.24, 2.45) is 0 Å². The Morgan fingerprint density at radius 1 is 1.03 bits per heavy atom. The summed E-state index contributed by atoms with van der Waals surface area (Å²) in [5, 5.41) is 3.75. The molecule has 0 bridgehead atoms. The smallest absolute Gasteiger partial charge is 0.315 e. The van der Waals surface area contributed by atoms with Crippen LogP contribution in [0.15, 0.2) is 53.2 Å². The van der Waals surface area contributed by atoms with Gasteiger partial charge in [-0.25, -0.2) is 4.39 Å². The van der Waals surface area contributed by atoms with Crippen LogP contribution >= 0.6 is 0 Å². The summed E-state index contributed by atoms with van der Waals surface area (Å²) in [6.45, 7) is 0.881. The van der Waals surface area contributed by atoms with Crippen LogP contribution in [0.5, 0.6) is 0 Å². The van der Waals surface area contributed by atoms with Crippen molar-refractivity contribution in [3.8, 4) is 11.4 Å². The van der Waals surface area contributed by atoms with E-state index in [4.69, 9.17) is 4.52 Å². The van der Waals surface area contributed by atoms with E-state index in [1.165, 1.54) is 24.3 Å². The number of hydrogen-bond donors (Lipinski definition) is 1. The lowest BCUT2D eigenvalue weighted by Crippen LogP contribution is -2.52. The summed E-state index contributed by atoms with van der Waals surface area (Å²) < 4.78 is 24.6. The third kappa shape index (κ3) is 4.63. The molecule has 5 rings (SSSR count). The first-order valence-corrected chi connectivity index (χ1v) is 11.7. The van der Waals surface area contributed by atoms with Crippen molar-refractivity contribution < 1.29 is 32.8 Å². The fourth-order valence-corrected chi connectivity index (χ4v) is 4.34. The van der Waals surface area contributed by atoms with Gasteiger partial charge >= 0.3 is 5.97 Å². The molecule has 1 fully saturated rings. The fraction of sp³-hybridized carbons (Fsp3) is 0.231. The first-order chi connectivity index (χ1) is 18.4. The number of nitrogens with zero attached hydrogens (tertiary/aromatic N) is 4. The molecule has 12 heteroatoms. The van der Waals surface area contributed by atoms with Gasteiger partial charge in [0.1, 0.15) is 12.2 Å². The summed E-state index contributed by atoms with van der Waals surface area (Å²) in [4.78, 5) is 60.3. The molecule has 4 aromatic rings. The Balaban J connectivity index is 1.33. The van der Waals surface area contributed by atoms with Crippen LogP contribution in [0.4, 0.5) is 4.39 Å². The van der Waals surface area contributed by atoms with Crippen LogP contribution < -0.4 is 0 Å². The Morgan fingerprint density at radius 2 is 1.74 bits per heavy atom. The number of hydrogen-bond acceptors (Lipinski definition) is 8. The molecular weight excluding hydrogens is 497 g/mol. The number of nitrogens with one attached hydrogen (secondary N) is 1. The summed E-state index contributed by atoms with van der Waals surface area (Å²) in [6, 6.07) is 11.3. The second kappa shape index (κ2) is 10.2. The minimum Gasteiger partial charge on any atom is -0.469 e. The average molecular weight is 519 g/mol. The highest BCUT2D eigenvalue weighted by Gasteiger charge is 2.31. The quantitative estimate of drug-likeness (QED) is 0.233. The van der Waals surface area contributed by atoms with Gasteiger partial charge in [-0.3, -0.25) is 19.2 Å². The maximum absolute atomic E-state index is 14.9. The molecule has 2 aromatic carbocycles. The fourth-order valence-electron chi connectivity index (χ4n) is 4.34. The second-order valence-corrected chi connectivity index (χ2v) is 8.59.